The molecule has 4 heteroatoms. The lowest BCUT2D eigenvalue weighted by Crippen LogP contribution is -1.85. The quantitative estimate of drug-likeness (QED) is 0.450. The fraction of sp³-hybridized carbons (Fsp3) is 0.846. The van der Waals surface area contributed by atoms with Crippen LogP contribution in [0.5, 0.6) is 0 Å². The fourth-order valence-corrected chi connectivity index (χ4v) is 1.06. The van der Waals surface area contributed by atoms with Crippen LogP contribution in [0.15, 0.2) is 0 Å². The molecule has 0 saturated heterocycles. The average molecular weight is 250 g/mol. The van der Waals surface area contributed by atoms with E-state index >= 15 is 0 Å². The number of nitrogens with one attached hydrogen (secondary N) is 2. The van der Waals surface area contributed by atoms with Crippen molar-refractivity contribution < 1.29 is 9.59 Å². The second-order valence-corrected chi connectivity index (χ2v) is 2.33. The van der Waals surface area contributed by atoms with Gasteiger partial charge in [-0.1, -0.05) is 75.7 Å². The predicted octanol–water partition coefficient (Wildman–Crippen LogP) is 5.32. The molecule has 0 bridgehead atoms. The third-order valence-corrected chi connectivity index (χ3v) is 1.50. The third-order valence-electron chi connectivity index (χ3n) is 1.50. The van der Waals surface area contributed by atoms with Gasteiger partial charge in [0.15, 0.2) is 0 Å². The molecular formula is C13H34N2O2. The maximum atomic E-state index is 8.35. The number of hydrogen-bond acceptors (Lipinski definition) is 4. The first kappa shape index (κ1) is 44.7. The zero-order chi connectivity index (χ0) is 9.66. The van der Waals surface area contributed by atoms with Gasteiger partial charge in [0.25, 0.3) is 0 Å². The Hall–Kier alpha value is -1.24. The summed E-state index contributed by atoms with van der Waals surface area (Å²) in [4.78, 5) is 16.7. The minimum Gasteiger partial charge on any atom is -0.222 e. The molecule has 108 valence electrons. The summed E-state index contributed by atoms with van der Waals surface area (Å²) in [5, 5.41) is 10.8. The lowest BCUT2D eigenvalue weighted by Gasteiger charge is -2.05. The van der Waals surface area contributed by atoms with Gasteiger partial charge in [-0.25, -0.2) is 20.4 Å². The largest absolute Gasteiger partial charge is 0.231 e. The Morgan fingerprint density at radius 2 is 0.588 bits per heavy atom. The topological polar surface area (TPSA) is 81.8 Å². The highest BCUT2D eigenvalue weighted by molar-refractivity contribution is 5.26. The summed E-state index contributed by atoms with van der Waals surface area (Å²) in [7, 11) is 0. The van der Waals surface area contributed by atoms with Crippen LogP contribution in [0.2, 0.25) is 0 Å². The molecular weight excluding hydrogens is 216 g/mol. The average Bonchev–Trinajstić information content (AvgIpc) is 2.10. The Kier molecular flexibility index (Phi) is 161. The summed E-state index contributed by atoms with van der Waals surface area (Å²) in [5.41, 5.74) is 0. The van der Waals surface area contributed by atoms with E-state index in [0.29, 0.717) is 0 Å². The Bertz CT molecular complexity index is 120. The van der Waals surface area contributed by atoms with Crippen molar-refractivity contribution in [1.82, 2.24) is 0 Å². The highest BCUT2D eigenvalue weighted by atomic mass is 16.1. The Labute approximate surface area is 109 Å². The van der Waals surface area contributed by atoms with Crippen LogP contribution in [0.4, 0.5) is 0 Å². The van der Waals surface area contributed by atoms with E-state index in [2.05, 4.69) is 0 Å². The normalized spacial score (nSPS) is 9.41. The van der Waals surface area contributed by atoms with Crippen LogP contribution in [-0.4, -0.2) is 12.2 Å². The van der Waals surface area contributed by atoms with Crippen LogP contribution in [0, 0.1) is 10.8 Å². The van der Waals surface area contributed by atoms with Crippen molar-refractivity contribution in [3.8, 4) is 0 Å². The summed E-state index contributed by atoms with van der Waals surface area (Å²) in [6.07, 6.45) is 10.5. The first-order valence-electron chi connectivity index (χ1n) is 3.91. The lowest BCUT2D eigenvalue weighted by atomic mass is 10.0. The summed E-state index contributed by atoms with van der Waals surface area (Å²) in [6.45, 7) is 0. The van der Waals surface area contributed by atoms with Crippen molar-refractivity contribution in [2.45, 2.75) is 75.7 Å². The van der Waals surface area contributed by atoms with E-state index in [-0.39, 0.29) is 37.1 Å². The van der Waals surface area contributed by atoms with Gasteiger partial charge in [-0.3, -0.25) is 0 Å². The van der Waals surface area contributed by atoms with E-state index < -0.39 is 0 Å². The van der Waals surface area contributed by atoms with Crippen molar-refractivity contribution in [3.63, 3.8) is 0 Å². The SMILES string of the molecule is C.C.C.C.C.C1CCCCC1.N=C=O.N=C=O. The molecule has 17 heavy (non-hydrogen) atoms. The molecule has 0 amide bonds. The number of rotatable bonds is 0. The Morgan fingerprint density at radius 1 is 0.529 bits per heavy atom. The molecule has 0 spiro atoms. The van der Waals surface area contributed by atoms with Gasteiger partial charge >= 0.3 is 0 Å². The molecule has 1 fully saturated rings. The summed E-state index contributed by atoms with van der Waals surface area (Å²) in [6, 6.07) is 0. The molecule has 1 aliphatic carbocycles. The zero-order valence-corrected chi connectivity index (χ0v) is 7.06. The van der Waals surface area contributed by atoms with Crippen LogP contribution in [-0.2, 0) is 9.59 Å². The molecule has 1 rings (SSSR count). The summed E-state index contributed by atoms with van der Waals surface area (Å²) in [5.74, 6) is 0. The van der Waals surface area contributed by atoms with Crippen LogP contribution in [0.1, 0.15) is 75.7 Å². The number of isocyanates is 2. The predicted molar refractivity (Wildman–Crippen MR) is 78.2 cm³/mol. The van der Waals surface area contributed by atoms with E-state index in [1.54, 1.807) is 0 Å². The molecule has 0 radical (unpaired) electrons. The summed E-state index contributed by atoms with van der Waals surface area (Å²) < 4.78 is 0. The molecule has 0 aliphatic heterocycles. The fourth-order valence-electron chi connectivity index (χ4n) is 1.06. The molecule has 0 atom stereocenters. The molecule has 0 aromatic carbocycles. The maximum Gasteiger partial charge on any atom is 0.231 e. The molecule has 1 saturated carbocycles. The van der Waals surface area contributed by atoms with Gasteiger partial charge in [0.2, 0.25) is 12.2 Å². The smallest absolute Gasteiger partial charge is 0.222 e. The third kappa shape index (κ3) is 106. The van der Waals surface area contributed by atoms with Crippen LogP contribution < -0.4 is 0 Å². The highest BCUT2D eigenvalue weighted by Gasteiger charge is 1.95. The van der Waals surface area contributed by atoms with Gasteiger partial charge in [-0.05, 0) is 0 Å². The molecule has 1 aliphatic rings. The van der Waals surface area contributed by atoms with Gasteiger partial charge in [0, 0.05) is 0 Å². The van der Waals surface area contributed by atoms with Crippen molar-refractivity contribution in [3.05, 3.63) is 0 Å². The van der Waals surface area contributed by atoms with E-state index in [0.717, 1.165) is 12.2 Å². The van der Waals surface area contributed by atoms with Gasteiger partial charge in [-0.15, -0.1) is 0 Å². The van der Waals surface area contributed by atoms with Crippen molar-refractivity contribution in [2.24, 2.45) is 0 Å². The molecule has 2 N–H and O–H groups in total. The van der Waals surface area contributed by atoms with Gasteiger partial charge in [0.1, 0.15) is 0 Å². The van der Waals surface area contributed by atoms with Gasteiger partial charge < -0.3 is 0 Å². The first-order valence-corrected chi connectivity index (χ1v) is 3.91. The molecule has 0 unspecified atom stereocenters. The standard InChI is InChI=1S/C6H12.2CHNO.5CH4/c1-2-4-6-5-3-1;2*2-1-3;;;;;/h1-6H2;2*2H;5*1H4. The van der Waals surface area contributed by atoms with Crippen LogP contribution in [0.3, 0.4) is 0 Å². The molecule has 0 aromatic heterocycles. The Morgan fingerprint density at radius 3 is 0.647 bits per heavy atom. The van der Waals surface area contributed by atoms with E-state index in [1.807, 2.05) is 0 Å². The van der Waals surface area contributed by atoms with Crippen molar-refractivity contribution in [2.75, 3.05) is 0 Å². The second-order valence-electron chi connectivity index (χ2n) is 2.33. The van der Waals surface area contributed by atoms with Crippen LogP contribution in [0.25, 0.3) is 0 Å². The van der Waals surface area contributed by atoms with Crippen LogP contribution >= 0.6 is 0 Å². The molecule has 4 nitrogen and oxygen atoms in total. The zero-order valence-electron chi connectivity index (χ0n) is 7.06. The monoisotopic (exact) mass is 250 g/mol. The van der Waals surface area contributed by atoms with E-state index in [1.165, 1.54) is 38.5 Å². The maximum absolute atomic E-state index is 8.35. The van der Waals surface area contributed by atoms with Gasteiger partial charge in [-0.2, -0.15) is 0 Å². The van der Waals surface area contributed by atoms with Gasteiger partial charge in [0.05, 0.1) is 0 Å². The second kappa shape index (κ2) is 61.2. The number of carbonyl (C=O) groups excluding carboxylic acids is 2. The summed E-state index contributed by atoms with van der Waals surface area (Å²) >= 11 is 0. The molecule has 0 aromatic rings. The minimum absolute atomic E-state index is 0. The lowest BCUT2D eigenvalue weighted by molar-refractivity contribution is 0.504. The van der Waals surface area contributed by atoms with Crippen molar-refractivity contribution in [1.29, 1.82) is 10.8 Å². The minimum atomic E-state index is 0. The molecule has 0 heterocycles. The van der Waals surface area contributed by atoms with E-state index in [4.69, 9.17) is 20.4 Å². The first-order chi connectivity index (χ1) is 5.83. The Balaban J connectivity index is -0.0000000166. The van der Waals surface area contributed by atoms with Crippen molar-refractivity contribution >= 4 is 12.2 Å². The number of hydrogen-bond donors (Lipinski definition) is 2. The van der Waals surface area contributed by atoms with E-state index in [9.17, 15) is 0 Å². The highest BCUT2D eigenvalue weighted by Crippen LogP contribution is 2.15.